The van der Waals surface area contributed by atoms with Crippen LogP contribution < -0.4 is 15.4 Å². The number of pyridine rings is 1. The molecule has 3 aromatic rings. The molecule has 7 heteroatoms. The molecular weight excluding hydrogens is 436 g/mol. The van der Waals surface area contributed by atoms with E-state index in [1.807, 2.05) is 6.07 Å². The third kappa shape index (κ3) is 3.92. The van der Waals surface area contributed by atoms with E-state index in [0.717, 1.165) is 17.7 Å². The zero-order chi connectivity index (χ0) is 22.5. The molecule has 0 amide bonds. The fraction of sp³-hybridized carbons (Fsp3) is 0.292. The predicted octanol–water partition coefficient (Wildman–Crippen LogP) is 6.64. The topological polar surface area (TPSA) is 51.4 Å². The molecule has 0 fully saturated rings. The lowest BCUT2D eigenvalue weighted by Gasteiger charge is -2.20. The number of aromatic nitrogens is 1. The van der Waals surface area contributed by atoms with Crippen LogP contribution in [0.3, 0.4) is 0 Å². The van der Waals surface area contributed by atoms with Crippen LogP contribution in [0, 0.1) is 5.82 Å². The number of nitrogens with two attached hydrogens (primary N) is 1. The molecule has 2 heterocycles. The summed E-state index contributed by atoms with van der Waals surface area (Å²) in [6.07, 6.45) is 1.10. The van der Waals surface area contributed by atoms with Gasteiger partial charge in [-0.2, -0.15) is 0 Å². The number of anilines is 2. The van der Waals surface area contributed by atoms with Crippen LogP contribution in [0.2, 0.25) is 10.0 Å². The van der Waals surface area contributed by atoms with Gasteiger partial charge in [-0.25, -0.2) is 9.37 Å². The minimum Gasteiger partial charge on any atom is -0.482 e. The molecule has 0 spiro atoms. The van der Waals surface area contributed by atoms with E-state index in [0.29, 0.717) is 16.3 Å². The van der Waals surface area contributed by atoms with Gasteiger partial charge in [0.15, 0.2) is 11.6 Å². The van der Waals surface area contributed by atoms with E-state index in [2.05, 4.69) is 49.0 Å². The van der Waals surface area contributed by atoms with Crippen LogP contribution in [0.25, 0.3) is 11.1 Å². The SMILES string of the molecule is C[C@@H](Oc1cc(-c2ccc3c(c2)C(C)(C)CN3C)cnc1N)c1c(Cl)ccc(F)c1Cl. The van der Waals surface area contributed by atoms with Crippen molar-refractivity contribution in [3.63, 3.8) is 0 Å². The highest BCUT2D eigenvalue weighted by molar-refractivity contribution is 6.36. The van der Waals surface area contributed by atoms with Crippen molar-refractivity contribution in [1.29, 1.82) is 0 Å². The second-order valence-corrected chi connectivity index (χ2v) is 9.38. The quantitative estimate of drug-likeness (QED) is 0.444. The summed E-state index contributed by atoms with van der Waals surface area (Å²) in [7, 11) is 2.11. The van der Waals surface area contributed by atoms with E-state index in [4.69, 9.17) is 33.7 Å². The molecule has 1 aromatic heterocycles. The fourth-order valence-corrected chi connectivity index (χ4v) is 4.90. The average molecular weight is 460 g/mol. The van der Waals surface area contributed by atoms with E-state index in [1.165, 1.54) is 23.4 Å². The van der Waals surface area contributed by atoms with Crippen LogP contribution in [0.4, 0.5) is 15.9 Å². The summed E-state index contributed by atoms with van der Waals surface area (Å²) in [6, 6.07) is 10.9. The van der Waals surface area contributed by atoms with Gasteiger partial charge in [-0.15, -0.1) is 0 Å². The molecule has 31 heavy (non-hydrogen) atoms. The van der Waals surface area contributed by atoms with Crippen LogP contribution in [0.15, 0.2) is 42.6 Å². The first-order chi connectivity index (χ1) is 14.6. The Morgan fingerprint density at radius 2 is 1.90 bits per heavy atom. The van der Waals surface area contributed by atoms with Gasteiger partial charge in [0.25, 0.3) is 0 Å². The smallest absolute Gasteiger partial charge is 0.166 e. The second-order valence-electron chi connectivity index (χ2n) is 8.60. The molecule has 0 radical (unpaired) electrons. The first kappa shape index (κ1) is 21.7. The number of likely N-dealkylation sites (N-methyl/N-ethyl adjacent to an activating group) is 1. The lowest BCUT2D eigenvalue weighted by Crippen LogP contribution is -2.24. The van der Waals surface area contributed by atoms with Gasteiger partial charge in [0.05, 0.1) is 5.02 Å². The van der Waals surface area contributed by atoms with Crippen molar-refractivity contribution in [2.24, 2.45) is 0 Å². The predicted molar refractivity (Wildman–Crippen MR) is 126 cm³/mol. The monoisotopic (exact) mass is 459 g/mol. The number of nitrogen functional groups attached to an aromatic ring is 1. The van der Waals surface area contributed by atoms with Crippen molar-refractivity contribution in [2.45, 2.75) is 32.3 Å². The summed E-state index contributed by atoms with van der Waals surface area (Å²) in [6.45, 7) is 7.19. The largest absolute Gasteiger partial charge is 0.482 e. The number of nitrogens with zero attached hydrogens (tertiary/aromatic N) is 2. The number of halogens is 3. The number of hydrogen-bond donors (Lipinski definition) is 1. The number of ether oxygens (including phenoxy) is 1. The normalized spacial score (nSPS) is 15.6. The summed E-state index contributed by atoms with van der Waals surface area (Å²) in [5.41, 5.74) is 10.9. The van der Waals surface area contributed by atoms with E-state index >= 15 is 0 Å². The van der Waals surface area contributed by atoms with Gasteiger partial charge in [-0.05, 0) is 48.4 Å². The molecule has 2 aromatic carbocycles. The van der Waals surface area contributed by atoms with Gasteiger partial charge in [-0.1, -0.05) is 43.1 Å². The molecule has 1 aliphatic heterocycles. The maximum absolute atomic E-state index is 13.9. The molecule has 0 saturated heterocycles. The minimum absolute atomic E-state index is 0.0556. The third-order valence-electron chi connectivity index (χ3n) is 5.77. The van der Waals surface area contributed by atoms with Crippen molar-refractivity contribution >= 4 is 34.7 Å². The van der Waals surface area contributed by atoms with Crippen LogP contribution in [0.5, 0.6) is 5.75 Å². The summed E-state index contributed by atoms with van der Waals surface area (Å²) in [4.78, 5) is 6.58. The zero-order valence-electron chi connectivity index (χ0n) is 17.8. The van der Waals surface area contributed by atoms with E-state index < -0.39 is 11.9 Å². The van der Waals surface area contributed by atoms with Crippen LogP contribution in [-0.2, 0) is 5.41 Å². The highest BCUT2D eigenvalue weighted by Crippen LogP contribution is 2.42. The summed E-state index contributed by atoms with van der Waals surface area (Å²) < 4.78 is 20.0. The Hall–Kier alpha value is -2.50. The first-order valence-corrected chi connectivity index (χ1v) is 10.8. The maximum atomic E-state index is 13.9. The number of fused-ring (bicyclic) bond motifs is 1. The van der Waals surface area contributed by atoms with Gasteiger partial charge >= 0.3 is 0 Å². The molecule has 2 N–H and O–H groups in total. The van der Waals surface area contributed by atoms with E-state index in [9.17, 15) is 4.39 Å². The van der Waals surface area contributed by atoms with Gasteiger partial charge in [0, 0.05) is 47.0 Å². The van der Waals surface area contributed by atoms with Gasteiger partial charge < -0.3 is 15.4 Å². The maximum Gasteiger partial charge on any atom is 0.166 e. The van der Waals surface area contributed by atoms with Crippen molar-refractivity contribution in [3.8, 4) is 16.9 Å². The minimum atomic E-state index is -0.623. The van der Waals surface area contributed by atoms with Crippen LogP contribution in [0.1, 0.15) is 38.0 Å². The Kier molecular flexibility index (Phi) is 5.52. The van der Waals surface area contributed by atoms with Crippen molar-refractivity contribution < 1.29 is 9.13 Å². The fourth-order valence-electron chi connectivity index (χ4n) is 4.23. The van der Waals surface area contributed by atoms with Gasteiger partial charge in [0.1, 0.15) is 11.9 Å². The zero-order valence-corrected chi connectivity index (χ0v) is 19.4. The Bertz CT molecular complexity index is 1170. The molecule has 0 bridgehead atoms. The molecular formula is C24H24Cl2FN3O. The van der Waals surface area contributed by atoms with E-state index in [-0.39, 0.29) is 16.3 Å². The molecule has 0 unspecified atom stereocenters. The number of hydrogen-bond acceptors (Lipinski definition) is 4. The average Bonchev–Trinajstić information content (AvgIpc) is 2.95. The first-order valence-electron chi connectivity index (χ1n) is 10.00. The van der Waals surface area contributed by atoms with E-state index in [1.54, 1.807) is 13.1 Å². The Labute approximate surface area is 191 Å². The van der Waals surface area contributed by atoms with Crippen molar-refractivity contribution in [1.82, 2.24) is 4.98 Å². The molecule has 1 atom stereocenters. The Morgan fingerprint density at radius 3 is 2.65 bits per heavy atom. The van der Waals surface area contributed by atoms with Crippen molar-refractivity contribution in [3.05, 3.63) is 69.6 Å². The van der Waals surface area contributed by atoms with Gasteiger partial charge in [-0.3, -0.25) is 0 Å². The number of rotatable bonds is 4. The highest BCUT2D eigenvalue weighted by Gasteiger charge is 2.33. The van der Waals surface area contributed by atoms with Crippen LogP contribution in [-0.4, -0.2) is 18.6 Å². The Balaban J connectivity index is 1.69. The molecule has 162 valence electrons. The molecule has 0 saturated carbocycles. The molecule has 4 nitrogen and oxygen atoms in total. The summed E-state index contributed by atoms with van der Waals surface area (Å²) >= 11 is 12.4. The standard InChI is InChI=1S/C24H24Cl2FN3O/c1-13(21-17(25)6-7-18(27)22(21)26)31-20-10-15(11-29-23(20)28)14-5-8-19-16(9-14)24(2,3)12-30(19)4/h5-11,13H,12H2,1-4H3,(H2,28,29)/t13-/m1/s1. The lowest BCUT2D eigenvalue weighted by atomic mass is 9.85. The summed E-state index contributed by atoms with van der Waals surface area (Å²) in [5, 5.41) is 0.263. The highest BCUT2D eigenvalue weighted by atomic mass is 35.5. The second kappa shape index (κ2) is 7.88. The third-order valence-corrected chi connectivity index (χ3v) is 6.49. The molecule has 1 aliphatic rings. The lowest BCUT2D eigenvalue weighted by molar-refractivity contribution is 0.227. The van der Waals surface area contributed by atoms with Crippen LogP contribution >= 0.6 is 23.2 Å². The summed E-state index contributed by atoms with van der Waals surface area (Å²) in [5.74, 6) is 0.0702. The molecule has 0 aliphatic carbocycles. The number of benzene rings is 2. The molecule has 4 rings (SSSR count). The van der Waals surface area contributed by atoms with Gasteiger partial charge in [0.2, 0.25) is 0 Å². The van der Waals surface area contributed by atoms with Crippen molar-refractivity contribution in [2.75, 3.05) is 24.2 Å². The Morgan fingerprint density at radius 1 is 1.16 bits per heavy atom.